The highest BCUT2D eigenvalue weighted by molar-refractivity contribution is 9.10. The smallest absolute Gasteiger partial charge is 0.137 e. The summed E-state index contributed by atoms with van der Waals surface area (Å²) in [7, 11) is 0. The molecule has 2 aromatic rings. The van der Waals surface area contributed by atoms with Crippen molar-refractivity contribution in [2.75, 3.05) is 0 Å². The van der Waals surface area contributed by atoms with Crippen LogP contribution >= 0.6 is 28.1 Å². The van der Waals surface area contributed by atoms with Gasteiger partial charge in [-0.25, -0.2) is 4.39 Å². The molecule has 1 aromatic heterocycles. The Labute approximate surface area is 112 Å². The third kappa shape index (κ3) is 2.73. The second kappa shape index (κ2) is 4.98. The summed E-state index contributed by atoms with van der Waals surface area (Å²) >= 11 is 8.12. The second-order valence-electron chi connectivity index (χ2n) is 3.63. The molecule has 0 unspecified atom stereocenters. The first kappa shape index (κ1) is 12.3. The Kier molecular flexibility index (Phi) is 3.59. The molecule has 1 heterocycles. The zero-order chi connectivity index (χ0) is 12.4. The van der Waals surface area contributed by atoms with E-state index in [9.17, 15) is 4.39 Å². The number of hydrogen-bond donors (Lipinski definition) is 1. The highest BCUT2D eigenvalue weighted by Crippen LogP contribution is 2.18. The lowest BCUT2D eigenvalue weighted by atomic mass is 10.2. The third-order valence-corrected chi connectivity index (χ3v) is 3.24. The SMILES string of the molecule is NC(=S)c1cccn1Cc1ccc(F)c(Br)c1. The van der Waals surface area contributed by atoms with Gasteiger partial charge in [0.2, 0.25) is 0 Å². The predicted octanol–water partition coefficient (Wildman–Crippen LogP) is 3.07. The van der Waals surface area contributed by atoms with Crippen molar-refractivity contribution in [3.63, 3.8) is 0 Å². The van der Waals surface area contributed by atoms with Crippen molar-refractivity contribution < 1.29 is 4.39 Å². The Balaban J connectivity index is 2.28. The van der Waals surface area contributed by atoms with Crippen LogP contribution in [0.3, 0.4) is 0 Å². The molecule has 0 fully saturated rings. The lowest BCUT2D eigenvalue weighted by Crippen LogP contribution is -2.15. The molecule has 0 aliphatic rings. The number of thiocarbonyl (C=S) groups is 1. The average molecular weight is 313 g/mol. The van der Waals surface area contributed by atoms with Gasteiger partial charge in [-0.3, -0.25) is 0 Å². The average Bonchev–Trinajstić information content (AvgIpc) is 2.72. The molecule has 0 atom stereocenters. The van der Waals surface area contributed by atoms with Gasteiger partial charge in [0.25, 0.3) is 0 Å². The molecule has 0 spiro atoms. The van der Waals surface area contributed by atoms with Crippen molar-refractivity contribution in [1.82, 2.24) is 4.57 Å². The van der Waals surface area contributed by atoms with Crippen LogP contribution in [0.4, 0.5) is 4.39 Å². The van der Waals surface area contributed by atoms with Crippen LogP contribution in [0.25, 0.3) is 0 Å². The van der Waals surface area contributed by atoms with E-state index < -0.39 is 0 Å². The molecule has 2 nitrogen and oxygen atoms in total. The van der Waals surface area contributed by atoms with Gasteiger partial charge >= 0.3 is 0 Å². The van der Waals surface area contributed by atoms with Gasteiger partial charge in [-0.2, -0.15) is 0 Å². The maximum absolute atomic E-state index is 13.1. The van der Waals surface area contributed by atoms with E-state index in [1.165, 1.54) is 6.07 Å². The summed E-state index contributed by atoms with van der Waals surface area (Å²) in [6, 6.07) is 8.67. The van der Waals surface area contributed by atoms with Gasteiger partial charge in [-0.05, 0) is 45.8 Å². The Morgan fingerprint density at radius 2 is 2.18 bits per heavy atom. The van der Waals surface area contributed by atoms with Crippen LogP contribution in [-0.2, 0) is 6.54 Å². The molecule has 5 heteroatoms. The van der Waals surface area contributed by atoms with Crippen LogP contribution in [0.2, 0.25) is 0 Å². The quantitative estimate of drug-likeness (QED) is 0.883. The topological polar surface area (TPSA) is 30.9 Å². The maximum atomic E-state index is 13.1. The molecule has 0 aliphatic heterocycles. The van der Waals surface area contributed by atoms with Crippen molar-refractivity contribution in [3.05, 3.63) is 58.1 Å². The Hall–Kier alpha value is -1.20. The van der Waals surface area contributed by atoms with Crippen LogP contribution in [0.5, 0.6) is 0 Å². The molecule has 0 radical (unpaired) electrons. The van der Waals surface area contributed by atoms with E-state index in [0.717, 1.165) is 11.3 Å². The zero-order valence-corrected chi connectivity index (χ0v) is 11.3. The van der Waals surface area contributed by atoms with E-state index in [4.69, 9.17) is 18.0 Å². The molecule has 2 rings (SSSR count). The molecule has 0 amide bonds. The molecular weight excluding hydrogens is 303 g/mol. The minimum absolute atomic E-state index is 0.268. The van der Waals surface area contributed by atoms with Gasteiger partial charge in [0, 0.05) is 12.7 Å². The normalized spacial score (nSPS) is 10.5. The van der Waals surface area contributed by atoms with E-state index >= 15 is 0 Å². The molecule has 88 valence electrons. The van der Waals surface area contributed by atoms with Crippen molar-refractivity contribution in [2.24, 2.45) is 5.73 Å². The first-order chi connectivity index (χ1) is 8.08. The number of rotatable bonds is 3. The van der Waals surface area contributed by atoms with Gasteiger partial charge in [-0.1, -0.05) is 18.3 Å². The Morgan fingerprint density at radius 1 is 1.41 bits per heavy atom. The van der Waals surface area contributed by atoms with Crippen LogP contribution < -0.4 is 5.73 Å². The first-order valence-corrected chi connectivity index (χ1v) is 6.17. The van der Waals surface area contributed by atoms with Crippen molar-refractivity contribution >= 4 is 33.1 Å². The number of halogens is 2. The van der Waals surface area contributed by atoms with E-state index in [1.54, 1.807) is 12.1 Å². The second-order valence-corrected chi connectivity index (χ2v) is 4.93. The monoisotopic (exact) mass is 312 g/mol. The Morgan fingerprint density at radius 3 is 2.82 bits per heavy atom. The fourth-order valence-corrected chi connectivity index (χ4v) is 2.22. The van der Waals surface area contributed by atoms with Crippen molar-refractivity contribution in [2.45, 2.75) is 6.54 Å². The molecule has 0 saturated heterocycles. The molecular formula is C12H10BrFN2S. The molecule has 0 aliphatic carbocycles. The number of nitrogens with two attached hydrogens (primary N) is 1. The fraction of sp³-hybridized carbons (Fsp3) is 0.0833. The predicted molar refractivity (Wildman–Crippen MR) is 73.5 cm³/mol. The summed E-state index contributed by atoms with van der Waals surface area (Å²) in [5, 5.41) is 0. The van der Waals surface area contributed by atoms with Crippen molar-refractivity contribution in [1.29, 1.82) is 0 Å². The highest BCUT2D eigenvalue weighted by atomic mass is 79.9. The summed E-state index contributed by atoms with van der Waals surface area (Å²) in [5.41, 5.74) is 7.39. The molecule has 17 heavy (non-hydrogen) atoms. The Bertz CT molecular complexity index is 565. The van der Waals surface area contributed by atoms with E-state index in [0.29, 0.717) is 16.0 Å². The van der Waals surface area contributed by atoms with Gasteiger partial charge in [0.05, 0.1) is 10.2 Å². The van der Waals surface area contributed by atoms with E-state index in [-0.39, 0.29) is 5.82 Å². The standard InChI is InChI=1S/C12H10BrFN2S/c13-9-6-8(3-4-10(9)14)7-16-5-1-2-11(16)12(15)17/h1-6H,7H2,(H2,15,17). The van der Waals surface area contributed by atoms with Gasteiger partial charge in [0.1, 0.15) is 10.8 Å². The van der Waals surface area contributed by atoms with E-state index in [2.05, 4.69) is 15.9 Å². The van der Waals surface area contributed by atoms with Crippen LogP contribution in [-0.4, -0.2) is 9.56 Å². The number of benzene rings is 1. The van der Waals surface area contributed by atoms with Gasteiger partial charge in [0.15, 0.2) is 0 Å². The van der Waals surface area contributed by atoms with Crippen LogP contribution in [0.1, 0.15) is 11.3 Å². The molecule has 1 aromatic carbocycles. The fourth-order valence-electron chi connectivity index (χ4n) is 1.61. The third-order valence-electron chi connectivity index (χ3n) is 2.42. The largest absolute Gasteiger partial charge is 0.388 e. The molecule has 2 N–H and O–H groups in total. The summed E-state index contributed by atoms with van der Waals surface area (Å²) in [6.07, 6.45) is 1.89. The lowest BCUT2D eigenvalue weighted by molar-refractivity contribution is 0.619. The number of hydrogen-bond acceptors (Lipinski definition) is 1. The summed E-state index contributed by atoms with van der Waals surface area (Å²) in [5.74, 6) is -0.268. The van der Waals surface area contributed by atoms with Gasteiger partial charge < -0.3 is 10.3 Å². The highest BCUT2D eigenvalue weighted by Gasteiger charge is 2.05. The maximum Gasteiger partial charge on any atom is 0.137 e. The van der Waals surface area contributed by atoms with Crippen LogP contribution in [0, 0.1) is 5.82 Å². The van der Waals surface area contributed by atoms with Gasteiger partial charge in [-0.15, -0.1) is 0 Å². The summed E-state index contributed by atoms with van der Waals surface area (Å²) in [4.78, 5) is 0.358. The zero-order valence-electron chi connectivity index (χ0n) is 8.86. The number of aromatic nitrogens is 1. The summed E-state index contributed by atoms with van der Waals surface area (Å²) in [6.45, 7) is 0.610. The lowest BCUT2D eigenvalue weighted by Gasteiger charge is -2.08. The van der Waals surface area contributed by atoms with E-state index in [1.807, 2.05) is 22.9 Å². The minimum atomic E-state index is -0.268. The first-order valence-electron chi connectivity index (χ1n) is 4.97. The minimum Gasteiger partial charge on any atom is -0.388 e. The molecule has 0 saturated carbocycles. The molecule has 0 bridgehead atoms. The van der Waals surface area contributed by atoms with Crippen LogP contribution in [0.15, 0.2) is 41.0 Å². The van der Waals surface area contributed by atoms with Crippen molar-refractivity contribution in [3.8, 4) is 0 Å². The summed E-state index contributed by atoms with van der Waals surface area (Å²) < 4.78 is 15.5. The number of nitrogens with zero attached hydrogens (tertiary/aromatic N) is 1.